The Labute approximate surface area is 106 Å². The van der Waals surface area contributed by atoms with Gasteiger partial charge in [0.25, 0.3) is 0 Å². The molecule has 1 aromatic rings. The maximum Gasteiger partial charge on any atom is 0.237 e. The SMILES string of the molecule is NC(=O)CN(c1ncc(CO)cn1)C1CCCC1. The molecule has 1 amide bonds. The van der Waals surface area contributed by atoms with Crippen molar-refractivity contribution >= 4 is 11.9 Å². The molecule has 0 spiro atoms. The zero-order chi connectivity index (χ0) is 13.0. The molecule has 1 aliphatic rings. The number of rotatable bonds is 5. The third-order valence-electron chi connectivity index (χ3n) is 3.22. The van der Waals surface area contributed by atoms with E-state index < -0.39 is 0 Å². The molecule has 6 nitrogen and oxygen atoms in total. The molecule has 1 fully saturated rings. The minimum absolute atomic E-state index is 0.0838. The first-order valence-electron chi connectivity index (χ1n) is 6.17. The highest BCUT2D eigenvalue weighted by molar-refractivity contribution is 5.79. The van der Waals surface area contributed by atoms with Gasteiger partial charge >= 0.3 is 0 Å². The van der Waals surface area contributed by atoms with Crippen molar-refractivity contribution in [2.75, 3.05) is 11.4 Å². The van der Waals surface area contributed by atoms with E-state index in [0.717, 1.165) is 25.7 Å². The van der Waals surface area contributed by atoms with Crippen molar-refractivity contribution < 1.29 is 9.90 Å². The van der Waals surface area contributed by atoms with Crippen LogP contribution in [0.1, 0.15) is 31.2 Å². The minimum atomic E-state index is -0.378. The van der Waals surface area contributed by atoms with Crippen molar-refractivity contribution in [3.63, 3.8) is 0 Å². The topological polar surface area (TPSA) is 92.3 Å². The molecule has 1 aromatic heterocycles. The molecule has 0 saturated heterocycles. The standard InChI is InChI=1S/C12H18N4O2/c13-11(18)7-16(10-3-1-2-4-10)12-14-5-9(8-17)6-15-12/h5-6,10,17H,1-4,7-8H2,(H2,13,18). The van der Waals surface area contributed by atoms with E-state index >= 15 is 0 Å². The molecule has 0 aliphatic heterocycles. The Morgan fingerprint density at radius 2 is 2.00 bits per heavy atom. The van der Waals surface area contributed by atoms with Gasteiger partial charge in [-0.05, 0) is 12.8 Å². The summed E-state index contributed by atoms with van der Waals surface area (Å²) in [6.07, 6.45) is 7.55. The molecule has 98 valence electrons. The largest absolute Gasteiger partial charge is 0.392 e. The lowest BCUT2D eigenvalue weighted by Crippen LogP contribution is -2.41. The number of anilines is 1. The first kappa shape index (κ1) is 12.8. The Morgan fingerprint density at radius 3 is 2.50 bits per heavy atom. The average molecular weight is 250 g/mol. The number of nitrogens with zero attached hydrogens (tertiary/aromatic N) is 3. The molecular weight excluding hydrogens is 232 g/mol. The van der Waals surface area contributed by atoms with E-state index in [1.165, 1.54) is 0 Å². The summed E-state index contributed by atoms with van der Waals surface area (Å²) in [6, 6.07) is 0.289. The van der Waals surface area contributed by atoms with Crippen molar-refractivity contribution in [3.05, 3.63) is 18.0 Å². The summed E-state index contributed by atoms with van der Waals surface area (Å²) in [4.78, 5) is 21.4. The number of hydrogen-bond acceptors (Lipinski definition) is 5. The molecule has 6 heteroatoms. The first-order valence-corrected chi connectivity index (χ1v) is 6.17. The Balaban J connectivity index is 2.17. The van der Waals surface area contributed by atoms with E-state index in [4.69, 9.17) is 10.8 Å². The molecule has 18 heavy (non-hydrogen) atoms. The molecule has 0 aromatic carbocycles. The number of aliphatic hydroxyl groups excluding tert-OH is 1. The van der Waals surface area contributed by atoms with Gasteiger partial charge in [-0.3, -0.25) is 4.79 Å². The van der Waals surface area contributed by atoms with Crippen LogP contribution < -0.4 is 10.6 Å². The van der Waals surface area contributed by atoms with Gasteiger partial charge in [0.05, 0.1) is 13.2 Å². The smallest absolute Gasteiger partial charge is 0.237 e. The second kappa shape index (κ2) is 5.77. The van der Waals surface area contributed by atoms with E-state index in [1.807, 2.05) is 4.90 Å². The van der Waals surface area contributed by atoms with Crippen molar-refractivity contribution in [2.45, 2.75) is 38.3 Å². The predicted molar refractivity (Wildman–Crippen MR) is 66.8 cm³/mol. The Bertz CT molecular complexity index is 401. The predicted octanol–water partition coefficient (Wildman–Crippen LogP) is 0.203. The van der Waals surface area contributed by atoms with Crippen LogP contribution in [0.2, 0.25) is 0 Å². The highest BCUT2D eigenvalue weighted by atomic mass is 16.3. The molecular formula is C12H18N4O2. The van der Waals surface area contributed by atoms with Crippen LogP contribution in [0.5, 0.6) is 0 Å². The van der Waals surface area contributed by atoms with Gasteiger partial charge in [0.2, 0.25) is 11.9 Å². The van der Waals surface area contributed by atoms with Crippen molar-refractivity contribution in [2.24, 2.45) is 5.73 Å². The maximum absolute atomic E-state index is 11.1. The number of carbonyl (C=O) groups is 1. The monoisotopic (exact) mass is 250 g/mol. The number of amides is 1. The normalized spacial score (nSPS) is 15.8. The van der Waals surface area contributed by atoms with E-state index in [-0.39, 0.29) is 25.1 Å². The summed E-state index contributed by atoms with van der Waals surface area (Å²) in [5.41, 5.74) is 5.93. The number of nitrogens with two attached hydrogens (primary N) is 1. The minimum Gasteiger partial charge on any atom is -0.392 e. The van der Waals surface area contributed by atoms with Crippen LogP contribution in [0.4, 0.5) is 5.95 Å². The summed E-state index contributed by atoms with van der Waals surface area (Å²) in [5, 5.41) is 8.96. The van der Waals surface area contributed by atoms with Crippen LogP contribution in [0, 0.1) is 0 Å². The number of hydrogen-bond donors (Lipinski definition) is 2. The van der Waals surface area contributed by atoms with Gasteiger partial charge in [-0.15, -0.1) is 0 Å². The lowest BCUT2D eigenvalue weighted by Gasteiger charge is -2.27. The molecule has 0 bridgehead atoms. The molecule has 0 radical (unpaired) electrons. The number of aromatic nitrogens is 2. The second-order valence-corrected chi connectivity index (χ2v) is 4.58. The molecule has 1 aliphatic carbocycles. The summed E-state index contributed by atoms with van der Waals surface area (Å²) >= 11 is 0. The highest BCUT2D eigenvalue weighted by Crippen LogP contribution is 2.25. The third-order valence-corrected chi connectivity index (χ3v) is 3.22. The van der Waals surface area contributed by atoms with Crippen LogP contribution in [0.3, 0.4) is 0 Å². The first-order chi connectivity index (χ1) is 8.70. The van der Waals surface area contributed by atoms with E-state index in [2.05, 4.69) is 9.97 Å². The van der Waals surface area contributed by atoms with Crippen molar-refractivity contribution in [1.29, 1.82) is 0 Å². The van der Waals surface area contributed by atoms with Crippen LogP contribution in [0.15, 0.2) is 12.4 Å². The zero-order valence-electron chi connectivity index (χ0n) is 10.2. The van der Waals surface area contributed by atoms with Crippen molar-refractivity contribution in [3.8, 4) is 0 Å². The number of aliphatic hydroxyl groups is 1. The Hall–Kier alpha value is -1.69. The number of primary amides is 1. The quantitative estimate of drug-likeness (QED) is 0.779. The molecule has 0 unspecified atom stereocenters. The molecule has 2 rings (SSSR count). The Morgan fingerprint density at radius 1 is 1.39 bits per heavy atom. The second-order valence-electron chi connectivity index (χ2n) is 4.58. The van der Waals surface area contributed by atoms with E-state index in [0.29, 0.717) is 11.5 Å². The fraction of sp³-hybridized carbons (Fsp3) is 0.583. The van der Waals surface area contributed by atoms with Gasteiger partial charge in [0, 0.05) is 24.0 Å². The van der Waals surface area contributed by atoms with Crippen LogP contribution in [0.25, 0.3) is 0 Å². The van der Waals surface area contributed by atoms with Crippen LogP contribution >= 0.6 is 0 Å². The van der Waals surface area contributed by atoms with Gasteiger partial charge in [-0.25, -0.2) is 9.97 Å². The molecule has 1 saturated carbocycles. The summed E-state index contributed by atoms with van der Waals surface area (Å²) in [5.74, 6) is 0.134. The average Bonchev–Trinajstić information content (AvgIpc) is 2.89. The summed E-state index contributed by atoms with van der Waals surface area (Å²) < 4.78 is 0. The summed E-state index contributed by atoms with van der Waals surface area (Å²) in [6.45, 7) is 0.0582. The van der Waals surface area contributed by atoms with E-state index in [9.17, 15) is 4.79 Å². The van der Waals surface area contributed by atoms with Gasteiger partial charge in [0.15, 0.2) is 0 Å². The highest BCUT2D eigenvalue weighted by Gasteiger charge is 2.25. The molecule has 1 heterocycles. The number of carbonyl (C=O) groups excluding carboxylic acids is 1. The lowest BCUT2D eigenvalue weighted by molar-refractivity contribution is -0.116. The third kappa shape index (κ3) is 2.95. The molecule has 0 atom stereocenters. The Kier molecular flexibility index (Phi) is 4.09. The maximum atomic E-state index is 11.1. The fourth-order valence-electron chi connectivity index (χ4n) is 2.32. The van der Waals surface area contributed by atoms with Gasteiger partial charge in [-0.2, -0.15) is 0 Å². The van der Waals surface area contributed by atoms with Gasteiger partial charge < -0.3 is 15.7 Å². The van der Waals surface area contributed by atoms with Crippen LogP contribution in [-0.2, 0) is 11.4 Å². The van der Waals surface area contributed by atoms with Gasteiger partial charge in [0.1, 0.15) is 0 Å². The summed E-state index contributed by atoms with van der Waals surface area (Å²) in [7, 11) is 0. The fourth-order valence-corrected chi connectivity index (χ4v) is 2.32. The zero-order valence-corrected chi connectivity index (χ0v) is 10.2. The van der Waals surface area contributed by atoms with Gasteiger partial charge in [-0.1, -0.05) is 12.8 Å². The van der Waals surface area contributed by atoms with Crippen molar-refractivity contribution in [1.82, 2.24) is 9.97 Å². The van der Waals surface area contributed by atoms with E-state index in [1.54, 1.807) is 12.4 Å². The van der Waals surface area contributed by atoms with Crippen LogP contribution in [-0.4, -0.2) is 33.6 Å². The lowest BCUT2D eigenvalue weighted by atomic mass is 10.2. The molecule has 3 N–H and O–H groups in total.